The molecule has 5 heteroatoms. The molecule has 0 saturated heterocycles. The van der Waals surface area contributed by atoms with E-state index in [1.54, 1.807) is 20.8 Å². The molecule has 0 aliphatic heterocycles. The SMILES string of the molecule is CC(C)[C@H](N[C@H](C)c1ccccc1)C(=O)NC(=O)OC(C)(C)C. The van der Waals surface area contributed by atoms with Gasteiger partial charge in [0.25, 0.3) is 0 Å². The molecule has 1 aromatic rings. The van der Waals surface area contributed by atoms with E-state index >= 15 is 0 Å². The summed E-state index contributed by atoms with van der Waals surface area (Å²) in [5.74, 6) is -0.347. The minimum Gasteiger partial charge on any atom is -0.444 e. The van der Waals surface area contributed by atoms with E-state index in [0.717, 1.165) is 5.56 Å². The van der Waals surface area contributed by atoms with Gasteiger partial charge in [0.1, 0.15) is 5.60 Å². The maximum atomic E-state index is 12.4. The van der Waals surface area contributed by atoms with Crippen LogP contribution in [0.1, 0.15) is 53.1 Å². The molecule has 0 radical (unpaired) electrons. The normalized spacial score (nSPS) is 14.2. The highest BCUT2D eigenvalue weighted by Crippen LogP contribution is 2.15. The third kappa shape index (κ3) is 6.82. The number of ether oxygens (including phenoxy) is 1. The highest BCUT2D eigenvalue weighted by atomic mass is 16.6. The van der Waals surface area contributed by atoms with Gasteiger partial charge in [-0.25, -0.2) is 4.79 Å². The topological polar surface area (TPSA) is 67.4 Å². The largest absolute Gasteiger partial charge is 0.444 e. The maximum Gasteiger partial charge on any atom is 0.414 e. The molecule has 128 valence electrons. The summed E-state index contributed by atoms with van der Waals surface area (Å²) in [6.07, 6.45) is -0.720. The summed E-state index contributed by atoms with van der Waals surface area (Å²) in [4.78, 5) is 24.1. The van der Waals surface area contributed by atoms with E-state index in [4.69, 9.17) is 4.74 Å². The van der Waals surface area contributed by atoms with Crippen molar-refractivity contribution in [3.05, 3.63) is 35.9 Å². The highest BCUT2D eigenvalue weighted by molar-refractivity contribution is 5.95. The third-order valence-corrected chi connectivity index (χ3v) is 3.30. The van der Waals surface area contributed by atoms with Gasteiger partial charge in [0, 0.05) is 6.04 Å². The highest BCUT2D eigenvalue weighted by Gasteiger charge is 2.27. The molecule has 1 aromatic carbocycles. The van der Waals surface area contributed by atoms with Crippen LogP contribution in [0.4, 0.5) is 4.79 Å². The second kappa shape index (κ2) is 8.11. The zero-order valence-electron chi connectivity index (χ0n) is 14.8. The molecule has 1 rings (SSSR count). The number of imide groups is 1. The lowest BCUT2D eigenvalue weighted by Gasteiger charge is -2.26. The van der Waals surface area contributed by atoms with E-state index in [2.05, 4.69) is 10.6 Å². The van der Waals surface area contributed by atoms with Gasteiger partial charge in [0.05, 0.1) is 6.04 Å². The molecule has 0 fully saturated rings. The van der Waals surface area contributed by atoms with Crippen LogP contribution in [0.2, 0.25) is 0 Å². The molecule has 0 aromatic heterocycles. The lowest BCUT2D eigenvalue weighted by atomic mass is 10.0. The Labute approximate surface area is 138 Å². The van der Waals surface area contributed by atoms with Crippen LogP contribution in [0.15, 0.2) is 30.3 Å². The zero-order chi connectivity index (χ0) is 17.6. The molecule has 0 saturated carbocycles. The summed E-state index contributed by atoms with van der Waals surface area (Å²) < 4.78 is 5.13. The smallest absolute Gasteiger partial charge is 0.414 e. The van der Waals surface area contributed by atoms with Gasteiger partial charge >= 0.3 is 6.09 Å². The maximum absolute atomic E-state index is 12.4. The molecule has 2 N–H and O–H groups in total. The fraction of sp³-hybridized carbons (Fsp3) is 0.556. The Morgan fingerprint density at radius 2 is 1.61 bits per heavy atom. The molecule has 0 aliphatic carbocycles. The quantitative estimate of drug-likeness (QED) is 0.872. The van der Waals surface area contributed by atoms with Crippen LogP contribution in [-0.2, 0) is 9.53 Å². The van der Waals surface area contributed by atoms with Crippen molar-refractivity contribution >= 4 is 12.0 Å². The van der Waals surface area contributed by atoms with Crippen LogP contribution in [0.25, 0.3) is 0 Å². The number of alkyl carbamates (subject to hydrolysis) is 1. The summed E-state index contributed by atoms with van der Waals surface area (Å²) in [6.45, 7) is 11.1. The average Bonchev–Trinajstić information content (AvgIpc) is 2.42. The summed E-state index contributed by atoms with van der Waals surface area (Å²) in [5, 5.41) is 5.59. The molecule has 0 heterocycles. The Bertz CT molecular complexity index is 521. The summed E-state index contributed by atoms with van der Waals surface area (Å²) in [5.41, 5.74) is 0.450. The Morgan fingerprint density at radius 3 is 2.09 bits per heavy atom. The number of amides is 2. The lowest BCUT2D eigenvalue weighted by Crippen LogP contribution is -2.50. The van der Waals surface area contributed by atoms with Crippen LogP contribution in [0.5, 0.6) is 0 Å². The van der Waals surface area contributed by atoms with Crippen molar-refractivity contribution in [2.24, 2.45) is 5.92 Å². The molecule has 0 unspecified atom stereocenters. The number of benzene rings is 1. The van der Waals surface area contributed by atoms with Gasteiger partial charge in [0.2, 0.25) is 5.91 Å². The van der Waals surface area contributed by atoms with Crippen molar-refractivity contribution in [1.82, 2.24) is 10.6 Å². The Balaban J connectivity index is 2.71. The Kier molecular flexibility index (Phi) is 6.76. The van der Waals surface area contributed by atoms with Gasteiger partial charge in [0.15, 0.2) is 0 Å². The van der Waals surface area contributed by atoms with Crippen molar-refractivity contribution in [3.63, 3.8) is 0 Å². The fourth-order valence-corrected chi connectivity index (χ4v) is 2.16. The van der Waals surface area contributed by atoms with Crippen molar-refractivity contribution in [1.29, 1.82) is 0 Å². The molecule has 23 heavy (non-hydrogen) atoms. The predicted molar refractivity (Wildman–Crippen MR) is 91.0 cm³/mol. The van der Waals surface area contributed by atoms with Crippen LogP contribution >= 0.6 is 0 Å². The van der Waals surface area contributed by atoms with Crippen LogP contribution in [0.3, 0.4) is 0 Å². The van der Waals surface area contributed by atoms with Gasteiger partial charge in [-0.15, -0.1) is 0 Å². The zero-order valence-corrected chi connectivity index (χ0v) is 14.8. The minimum atomic E-state index is -0.720. The average molecular weight is 320 g/mol. The number of hydrogen-bond donors (Lipinski definition) is 2. The second-order valence-electron chi connectivity index (χ2n) is 7.01. The molecule has 2 atom stereocenters. The number of hydrogen-bond acceptors (Lipinski definition) is 4. The van der Waals surface area contributed by atoms with E-state index in [9.17, 15) is 9.59 Å². The van der Waals surface area contributed by atoms with Crippen LogP contribution in [-0.4, -0.2) is 23.6 Å². The number of carbonyl (C=O) groups excluding carboxylic acids is 2. The number of carbonyl (C=O) groups is 2. The first kappa shape index (κ1) is 19.2. The first-order chi connectivity index (χ1) is 10.6. The van der Waals surface area contributed by atoms with E-state index in [0.29, 0.717) is 0 Å². The van der Waals surface area contributed by atoms with Crippen molar-refractivity contribution in [2.75, 3.05) is 0 Å². The predicted octanol–water partition coefficient (Wildman–Crippen LogP) is 3.41. The van der Waals surface area contributed by atoms with Gasteiger partial charge in [-0.05, 0) is 39.2 Å². The Morgan fingerprint density at radius 1 is 1.04 bits per heavy atom. The monoisotopic (exact) mass is 320 g/mol. The molecular weight excluding hydrogens is 292 g/mol. The lowest BCUT2D eigenvalue weighted by molar-refractivity contribution is -0.124. The van der Waals surface area contributed by atoms with Crippen LogP contribution in [0, 0.1) is 5.92 Å². The number of rotatable bonds is 5. The van der Waals surface area contributed by atoms with E-state index < -0.39 is 17.7 Å². The number of nitrogens with one attached hydrogen (secondary N) is 2. The summed E-state index contributed by atoms with van der Waals surface area (Å²) in [6, 6.07) is 9.37. The summed E-state index contributed by atoms with van der Waals surface area (Å²) in [7, 11) is 0. The molecule has 0 aliphatic rings. The Hall–Kier alpha value is -1.88. The molecular formula is C18H28N2O3. The standard InChI is InChI=1S/C18H28N2O3/c1-12(2)15(16(21)20-17(22)23-18(4,5)6)19-13(3)14-10-8-7-9-11-14/h7-13,15,19H,1-6H3,(H,20,21,22)/t13-,15+/m1/s1. The van der Waals surface area contributed by atoms with Crippen molar-refractivity contribution in [2.45, 2.75) is 59.2 Å². The first-order valence-electron chi connectivity index (χ1n) is 7.95. The van der Waals surface area contributed by atoms with Crippen LogP contribution < -0.4 is 10.6 Å². The molecule has 2 amide bonds. The fourth-order valence-electron chi connectivity index (χ4n) is 2.16. The van der Waals surface area contributed by atoms with Gasteiger partial charge in [-0.3, -0.25) is 15.4 Å². The third-order valence-electron chi connectivity index (χ3n) is 3.30. The second-order valence-corrected chi connectivity index (χ2v) is 7.01. The molecule has 5 nitrogen and oxygen atoms in total. The van der Waals surface area contributed by atoms with E-state index in [1.165, 1.54) is 0 Å². The van der Waals surface area contributed by atoms with Gasteiger partial charge < -0.3 is 4.74 Å². The van der Waals surface area contributed by atoms with Crippen molar-refractivity contribution < 1.29 is 14.3 Å². The van der Waals surface area contributed by atoms with E-state index in [1.807, 2.05) is 51.1 Å². The van der Waals surface area contributed by atoms with Crippen molar-refractivity contribution in [3.8, 4) is 0 Å². The van der Waals surface area contributed by atoms with E-state index in [-0.39, 0.29) is 17.9 Å². The molecule has 0 bridgehead atoms. The summed E-state index contributed by atoms with van der Waals surface area (Å²) >= 11 is 0. The van der Waals surface area contributed by atoms with Gasteiger partial charge in [-0.1, -0.05) is 44.2 Å². The molecule has 0 spiro atoms. The first-order valence-corrected chi connectivity index (χ1v) is 7.95. The minimum absolute atomic E-state index is 0.00649. The van der Waals surface area contributed by atoms with Gasteiger partial charge in [-0.2, -0.15) is 0 Å².